The third kappa shape index (κ3) is 7.08. The van der Waals surface area contributed by atoms with Crippen LogP contribution in [0, 0.1) is 5.92 Å². The number of hydrogen-bond acceptors (Lipinski definition) is 10. The minimum absolute atomic E-state index is 0.0466. The van der Waals surface area contributed by atoms with Crippen molar-refractivity contribution in [2.45, 2.75) is 74.1 Å². The number of sulfonamides is 1. The highest BCUT2D eigenvalue weighted by Crippen LogP contribution is 2.35. The van der Waals surface area contributed by atoms with Crippen molar-refractivity contribution in [1.29, 1.82) is 0 Å². The van der Waals surface area contributed by atoms with Crippen LogP contribution in [-0.4, -0.2) is 87.7 Å². The predicted octanol–water partition coefficient (Wildman–Crippen LogP) is 2.78. The summed E-state index contributed by atoms with van der Waals surface area (Å²) >= 11 is 0. The fourth-order valence-electron chi connectivity index (χ4n) is 5.96. The zero-order valence-corrected chi connectivity index (χ0v) is 24.7. The van der Waals surface area contributed by atoms with Crippen LogP contribution in [0.1, 0.15) is 37.7 Å². The van der Waals surface area contributed by atoms with Crippen molar-refractivity contribution in [3.63, 3.8) is 0 Å². The van der Waals surface area contributed by atoms with E-state index in [1.165, 1.54) is 12.1 Å². The van der Waals surface area contributed by atoms with Gasteiger partial charge in [0.05, 0.1) is 48.8 Å². The predicted molar refractivity (Wildman–Crippen MR) is 152 cm³/mol. The molecule has 2 aromatic carbocycles. The summed E-state index contributed by atoms with van der Waals surface area (Å²) in [5.74, 6) is 0.739. The summed E-state index contributed by atoms with van der Waals surface area (Å²) in [6.45, 7) is 1.04. The van der Waals surface area contributed by atoms with Gasteiger partial charge in [-0.05, 0) is 43.4 Å². The first-order valence-electron chi connectivity index (χ1n) is 14.9. The van der Waals surface area contributed by atoms with Gasteiger partial charge in [0.15, 0.2) is 17.8 Å². The molecule has 1 amide bonds. The van der Waals surface area contributed by atoms with E-state index in [9.17, 15) is 18.3 Å². The Balaban J connectivity index is 1.21. The van der Waals surface area contributed by atoms with Crippen LogP contribution < -0.4 is 14.8 Å². The molecule has 3 heterocycles. The zero-order chi connectivity index (χ0) is 29.8. The maximum atomic E-state index is 13.9. The summed E-state index contributed by atoms with van der Waals surface area (Å²) in [5.41, 5.74) is 0.846. The Kier molecular flexibility index (Phi) is 9.36. The van der Waals surface area contributed by atoms with Crippen LogP contribution in [0.2, 0.25) is 0 Å². The molecular weight excluding hydrogens is 580 g/mol. The summed E-state index contributed by atoms with van der Waals surface area (Å²) in [4.78, 5) is 19.1. The first kappa shape index (κ1) is 30.1. The number of nitrogens with zero attached hydrogens (tertiary/aromatic N) is 1. The molecule has 6 rings (SSSR count). The molecule has 1 aliphatic carbocycles. The molecule has 234 valence electrons. The molecule has 3 aliphatic heterocycles. The fraction of sp³-hybridized carbons (Fsp3) is 0.567. The van der Waals surface area contributed by atoms with Gasteiger partial charge in [0.25, 0.3) is 10.0 Å². The van der Waals surface area contributed by atoms with E-state index in [2.05, 4.69) is 5.32 Å². The fourth-order valence-corrected chi connectivity index (χ4v) is 7.28. The number of carbonyl (C=O) groups is 1. The Hall–Kier alpha value is -2.94. The molecule has 4 aliphatic rings. The Morgan fingerprint density at radius 3 is 2.56 bits per heavy atom. The van der Waals surface area contributed by atoms with E-state index in [4.69, 9.17) is 28.5 Å². The molecule has 3 fully saturated rings. The summed E-state index contributed by atoms with van der Waals surface area (Å²) in [6.07, 6.45) is 0.984. The number of hydroxylamine groups is 1. The Morgan fingerprint density at radius 1 is 1.00 bits per heavy atom. The first-order valence-corrected chi connectivity index (χ1v) is 16.3. The van der Waals surface area contributed by atoms with E-state index >= 15 is 0 Å². The van der Waals surface area contributed by atoms with E-state index in [0.29, 0.717) is 44.2 Å². The number of amides is 1. The lowest BCUT2D eigenvalue weighted by molar-refractivity contribution is -0.145. The first-order chi connectivity index (χ1) is 20.9. The molecule has 43 heavy (non-hydrogen) atoms. The number of alkyl carbamates (subject to hydrolysis) is 1. The average molecular weight is 619 g/mol. The largest absolute Gasteiger partial charge is 0.486 e. The smallest absolute Gasteiger partial charge is 0.407 e. The number of aliphatic hydroxyl groups excluding tert-OH is 1. The van der Waals surface area contributed by atoms with Gasteiger partial charge in [0.2, 0.25) is 0 Å². The standard InChI is InChI=1S/C30H38N2O10S/c33-25(24(16-20-6-2-1-3-7-20)31-30(34)41-28-19-40-29-23(28)12-13-39-29)18-32(42-21-8-4-5-9-21)43(35,36)22-10-11-26-27(17-22)38-15-14-37-26/h1-3,6-7,10-11,17,21,23-25,28-29,33H,4-5,8-9,12-16,18-19H2,(H,31,34)/t23-,24-,25+,28?,29+/m0/s1. The Morgan fingerprint density at radius 2 is 1.77 bits per heavy atom. The van der Waals surface area contributed by atoms with Gasteiger partial charge in [-0.2, -0.15) is 0 Å². The van der Waals surface area contributed by atoms with Crippen LogP contribution in [0.25, 0.3) is 0 Å². The van der Waals surface area contributed by atoms with E-state index < -0.39 is 40.9 Å². The van der Waals surface area contributed by atoms with Crippen molar-refractivity contribution < 1.29 is 46.8 Å². The van der Waals surface area contributed by atoms with Crippen molar-refractivity contribution >= 4 is 16.1 Å². The van der Waals surface area contributed by atoms with Crippen molar-refractivity contribution in [3.05, 3.63) is 54.1 Å². The lowest BCUT2D eigenvalue weighted by Crippen LogP contribution is -2.51. The van der Waals surface area contributed by atoms with Gasteiger partial charge >= 0.3 is 6.09 Å². The molecule has 12 nitrogen and oxygen atoms in total. The van der Waals surface area contributed by atoms with Crippen LogP contribution in [0.4, 0.5) is 4.79 Å². The molecule has 0 radical (unpaired) electrons. The molecule has 0 spiro atoms. The number of aliphatic hydroxyl groups is 1. The lowest BCUT2D eigenvalue weighted by Gasteiger charge is -2.31. The maximum Gasteiger partial charge on any atom is 0.407 e. The molecule has 2 saturated heterocycles. The topological polar surface area (TPSA) is 142 Å². The summed E-state index contributed by atoms with van der Waals surface area (Å²) in [7, 11) is -4.24. The van der Waals surface area contributed by atoms with Gasteiger partial charge < -0.3 is 34.1 Å². The van der Waals surface area contributed by atoms with Crippen molar-refractivity contribution in [2.75, 3.05) is 33.0 Å². The SMILES string of the molecule is O=C(N[C@@H](Cc1ccccc1)[C@H](O)CN(OC1CCCC1)S(=O)(=O)c1ccc2c(c1)OCCO2)OC1CO[C@H]2OCC[C@@H]12. The summed E-state index contributed by atoms with van der Waals surface area (Å²) in [5, 5.41) is 14.3. The lowest BCUT2D eigenvalue weighted by atomic mass is 10.0. The van der Waals surface area contributed by atoms with Gasteiger partial charge in [-0.1, -0.05) is 47.6 Å². The van der Waals surface area contributed by atoms with Gasteiger partial charge in [-0.3, -0.25) is 4.84 Å². The highest BCUT2D eigenvalue weighted by atomic mass is 32.2. The maximum absolute atomic E-state index is 13.9. The highest BCUT2D eigenvalue weighted by Gasteiger charge is 2.44. The number of nitrogens with one attached hydrogen (secondary N) is 1. The molecule has 0 bridgehead atoms. The van der Waals surface area contributed by atoms with Crippen LogP contribution >= 0.6 is 0 Å². The number of fused-ring (bicyclic) bond motifs is 2. The molecule has 2 aromatic rings. The minimum atomic E-state index is -4.24. The number of hydrogen-bond donors (Lipinski definition) is 2. The second-order valence-electron chi connectivity index (χ2n) is 11.3. The van der Waals surface area contributed by atoms with Gasteiger partial charge in [0, 0.05) is 6.07 Å². The molecule has 0 aromatic heterocycles. The molecule has 5 atom stereocenters. The molecule has 2 N–H and O–H groups in total. The van der Waals surface area contributed by atoms with Crippen molar-refractivity contribution in [3.8, 4) is 11.5 Å². The van der Waals surface area contributed by atoms with E-state index in [1.807, 2.05) is 30.3 Å². The number of carbonyl (C=O) groups excluding carboxylic acids is 1. The van der Waals surface area contributed by atoms with Crippen molar-refractivity contribution in [2.24, 2.45) is 5.92 Å². The highest BCUT2D eigenvalue weighted by molar-refractivity contribution is 7.89. The van der Waals surface area contributed by atoms with E-state index in [-0.39, 0.29) is 36.2 Å². The third-order valence-corrected chi connectivity index (χ3v) is 9.92. The summed E-state index contributed by atoms with van der Waals surface area (Å²) in [6, 6.07) is 12.8. The van der Waals surface area contributed by atoms with Gasteiger partial charge in [-0.15, -0.1) is 0 Å². The molecular formula is C30H38N2O10S. The van der Waals surface area contributed by atoms with Crippen LogP contribution in [0.5, 0.6) is 11.5 Å². The Labute approximate surface area is 251 Å². The zero-order valence-electron chi connectivity index (χ0n) is 23.8. The van der Waals surface area contributed by atoms with Crippen molar-refractivity contribution in [1.82, 2.24) is 9.79 Å². The summed E-state index contributed by atoms with van der Waals surface area (Å²) < 4.78 is 56.7. The second-order valence-corrected chi connectivity index (χ2v) is 13.1. The molecule has 1 unspecified atom stereocenters. The van der Waals surface area contributed by atoms with E-state index in [0.717, 1.165) is 29.3 Å². The van der Waals surface area contributed by atoms with Gasteiger partial charge in [0.1, 0.15) is 19.3 Å². The normalized spacial score (nSPS) is 24.9. The van der Waals surface area contributed by atoms with E-state index in [1.54, 1.807) is 6.07 Å². The number of ether oxygens (including phenoxy) is 5. The van der Waals surface area contributed by atoms with Crippen LogP contribution in [-0.2, 0) is 35.5 Å². The second kappa shape index (κ2) is 13.4. The number of benzene rings is 2. The molecule has 1 saturated carbocycles. The quantitative estimate of drug-likeness (QED) is 0.361. The third-order valence-electron chi connectivity index (χ3n) is 8.29. The minimum Gasteiger partial charge on any atom is -0.486 e. The Bertz CT molecular complexity index is 1350. The average Bonchev–Trinajstić information content (AvgIpc) is 3.78. The van der Waals surface area contributed by atoms with Gasteiger partial charge in [-0.25, -0.2) is 13.2 Å². The monoisotopic (exact) mass is 618 g/mol. The number of rotatable bonds is 11. The molecule has 13 heteroatoms. The van der Waals surface area contributed by atoms with Crippen LogP contribution in [0.15, 0.2) is 53.4 Å². The van der Waals surface area contributed by atoms with Crippen LogP contribution in [0.3, 0.4) is 0 Å².